The Kier molecular flexibility index (Phi) is 2.09. The second kappa shape index (κ2) is 2.85. The Hall–Kier alpha value is -0.530. The first-order valence-corrected chi connectivity index (χ1v) is 3.65. The molecule has 0 amide bonds. The van der Waals surface area contributed by atoms with Crippen LogP contribution >= 0.6 is 0 Å². The van der Waals surface area contributed by atoms with E-state index in [-0.39, 0.29) is 0 Å². The van der Waals surface area contributed by atoms with Crippen LogP contribution in [0.5, 0.6) is 0 Å². The van der Waals surface area contributed by atoms with E-state index in [1.165, 1.54) is 25.0 Å². The Morgan fingerprint density at radius 2 is 2.56 bits per heavy atom. The van der Waals surface area contributed by atoms with E-state index in [0.29, 0.717) is 5.92 Å². The Labute approximate surface area is 56.1 Å². The molecule has 1 aliphatic rings. The lowest BCUT2D eigenvalue weighted by atomic mass is 10.0. The lowest BCUT2D eigenvalue weighted by Gasteiger charge is -2.03. The van der Waals surface area contributed by atoms with Gasteiger partial charge in [0.25, 0.3) is 0 Å². The first-order valence-electron chi connectivity index (χ1n) is 3.65. The largest absolute Gasteiger partial charge is 0.323 e. The van der Waals surface area contributed by atoms with Crippen LogP contribution in [0, 0.1) is 5.92 Å². The highest BCUT2D eigenvalue weighted by Gasteiger charge is 2.19. The highest BCUT2D eigenvalue weighted by Crippen LogP contribution is 2.24. The zero-order chi connectivity index (χ0) is 6.69. The molecule has 1 unspecified atom stereocenters. The van der Waals surface area contributed by atoms with Gasteiger partial charge >= 0.3 is 0 Å². The SMILES string of the molecule is CCC1CCC/C1=N\N. The van der Waals surface area contributed by atoms with Gasteiger partial charge in [-0.2, -0.15) is 5.10 Å². The van der Waals surface area contributed by atoms with Crippen molar-refractivity contribution in [2.75, 3.05) is 0 Å². The molecule has 52 valence electrons. The number of rotatable bonds is 1. The average Bonchev–Trinajstić information content (AvgIpc) is 2.33. The first kappa shape index (κ1) is 6.59. The Balaban J connectivity index is 2.52. The molecule has 0 aromatic heterocycles. The first-order chi connectivity index (χ1) is 4.38. The maximum atomic E-state index is 5.19. The van der Waals surface area contributed by atoms with Crippen molar-refractivity contribution in [3.05, 3.63) is 0 Å². The predicted molar refractivity (Wildman–Crippen MR) is 39.3 cm³/mol. The van der Waals surface area contributed by atoms with Crippen molar-refractivity contribution in [3.63, 3.8) is 0 Å². The van der Waals surface area contributed by atoms with E-state index in [2.05, 4.69) is 12.0 Å². The number of nitrogens with zero attached hydrogens (tertiary/aromatic N) is 1. The molecule has 1 saturated carbocycles. The molecule has 0 aromatic rings. The summed E-state index contributed by atoms with van der Waals surface area (Å²) in [5.74, 6) is 5.89. The molecule has 0 bridgehead atoms. The minimum Gasteiger partial charge on any atom is -0.323 e. The van der Waals surface area contributed by atoms with Gasteiger partial charge in [0, 0.05) is 5.71 Å². The summed E-state index contributed by atoms with van der Waals surface area (Å²) in [6, 6.07) is 0. The van der Waals surface area contributed by atoms with Crippen LogP contribution in [-0.4, -0.2) is 5.71 Å². The van der Waals surface area contributed by atoms with Gasteiger partial charge in [0.1, 0.15) is 0 Å². The zero-order valence-electron chi connectivity index (χ0n) is 5.93. The molecule has 0 aliphatic heterocycles. The third-order valence-corrected chi connectivity index (χ3v) is 2.12. The average molecular weight is 126 g/mol. The molecule has 9 heavy (non-hydrogen) atoms. The van der Waals surface area contributed by atoms with E-state index in [4.69, 9.17) is 5.84 Å². The summed E-state index contributed by atoms with van der Waals surface area (Å²) >= 11 is 0. The minimum atomic E-state index is 0.704. The molecule has 0 heterocycles. The molecule has 0 radical (unpaired) electrons. The lowest BCUT2D eigenvalue weighted by Crippen LogP contribution is -2.07. The van der Waals surface area contributed by atoms with Gasteiger partial charge in [-0.15, -0.1) is 0 Å². The number of hydrogen-bond donors (Lipinski definition) is 1. The molecule has 1 aliphatic carbocycles. The van der Waals surface area contributed by atoms with E-state index in [1.807, 2.05) is 0 Å². The minimum absolute atomic E-state index is 0.704. The lowest BCUT2D eigenvalue weighted by molar-refractivity contribution is 0.642. The molecule has 0 saturated heterocycles. The van der Waals surface area contributed by atoms with Crippen molar-refractivity contribution in [3.8, 4) is 0 Å². The Morgan fingerprint density at radius 3 is 3.00 bits per heavy atom. The molecule has 2 heteroatoms. The molecule has 1 rings (SSSR count). The quantitative estimate of drug-likeness (QED) is 0.419. The van der Waals surface area contributed by atoms with Crippen molar-refractivity contribution < 1.29 is 0 Å². The van der Waals surface area contributed by atoms with Crippen LogP contribution < -0.4 is 5.84 Å². The third kappa shape index (κ3) is 1.23. The second-order valence-electron chi connectivity index (χ2n) is 2.62. The maximum Gasteiger partial charge on any atom is 0.0406 e. The molecule has 0 spiro atoms. The van der Waals surface area contributed by atoms with Crippen LogP contribution in [0.2, 0.25) is 0 Å². The molecular formula is C7H14N2. The van der Waals surface area contributed by atoms with Crippen molar-refractivity contribution in [1.29, 1.82) is 0 Å². The number of hydrazone groups is 1. The summed E-state index contributed by atoms with van der Waals surface area (Å²) < 4.78 is 0. The second-order valence-corrected chi connectivity index (χ2v) is 2.62. The molecule has 1 fully saturated rings. The van der Waals surface area contributed by atoms with E-state index >= 15 is 0 Å². The van der Waals surface area contributed by atoms with Crippen LogP contribution in [0.1, 0.15) is 32.6 Å². The van der Waals surface area contributed by atoms with Crippen molar-refractivity contribution in [2.24, 2.45) is 16.9 Å². The van der Waals surface area contributed by atoms with Gasteiger partial charge in [0.05, 0.1) is 0 Å². The topological polar surface area (TPSA) is 38.4 Å². The van der Waals surface area contributed by atoms with E-state index < -0.39 is 0 Å². The fourth-order valence-electron chi connectivity index (χ4n) is 1.51. The van der Waals surface area contributed by atoms with Gasteiger partial charge in [-0.3, -0.25) is 0 Å². The van der Waals surface area contributed by atoms with Gasteiger partial charge in [-0.1, -0.05) is 6.92 Å². The van der Waals surface area contributed by atoms with Gasteiger partial charge < -0.3 is 5.84 Å². The monoisotopic (exact) mass is 126 g/mol. The van der Waals surface area contributed by atoms with Crippen LogP contribution in [0.15, 0.2) is 5.10 Å². The van der Waals surface area contributed by atoms with Crippen LogP contribution in [0.25, 0.3) is 0 Å². The highest BCUT2D eigenvalue weighted by atomic mass is 15.1. The highest BCUT2D eigenvalue weighted by molar-refractivity contribution is 5.88. The van der Waals surface area contributed by atoms with Crippen LogP contribution in [0.3, 0.4) is 0 Å². The Bertz CT molecular complexity index is 118. The van der Waals surface area contributed by atoms with Gasteiger partial charge in [0.2, 0.25) is 0 Å². The fourth-order valence-corrected chi connectivity index (χ4v) is 1.51. The van der Waals surface area contributed by atoms with E-state index in [0.717, 1.165) is 6.42 Å². The summed E-state index contributed by atoms with van der Waals surface area (Å²) in [6.07, 6.45) is 4.92. The predicted octanol–water partition coefficient (Wildman–Crippen LogP) is 1.51. The summed E-state index contributed by atoms with van der Waals surface area (Å²) in [6.45, 7) is 2.20. The normalized spacial score (nSPS) is 31.7. The van der Waals surface area contributed by atoms with Gasteiger partial charge in [-0.25, -0.2) is 0 Å². The maximum absolute atomic E-state index is 5.19. The van der Waals surface area contributed by atoms with Gasteiger partial charge in [-0.05, 0) is 31.6 Å². The standard InChI is InChI=1S/C7H14N2/c1-2-6-4-3-5-7(6)9-8/h6H,2-5,8H2,1H3/b9-7+. The summed E-state index contributed by atoms with van der Waals surface area (Å²) in [4.78, 5) is 0. The van der Waals surface area contributed by atoms with Gasteiger partial charge in [0.15, 0.2) is 0 Å². The van der Waals surface area contributed by atoms with Crippen molar-refractivity contribution in [1.82, 2.24) is 0 Å². The Morgan fingerprint density at radius 1 is 1.78 bits per heavy atom. The molecular weight excluding hydrogens is 112 g/mol. The van der Waals surface area contributed by atoms with Crippen LogP contribution in [-0.2, 0) is 0 Å². The number of nitrogens with two attached hydrogens (primary N) is 1. The molecule has 2 N–H and O–H groups in total. The third-order valence-electron chi connectivity index (χ3n) is 2.12. The fraction of sp³-hybridized carbons (Fsp3) is 0.857. The summed E-state index contributed by atoms with van der Waals surface area (Å²) in [5.41, 5.74) is 1.23. The van der Waals surface area contributed by atoms with E-state index in [9.17, 15) is 0 Å². The summed E-state index contributed by atoms with van der Waals surface area (Å²) in [7, 11) is 0. The van der Waals surface area contributed by atoms with Crippen molar-refractivity contribution in [2.45, 2.75) is 32.6 Å². The molecule has 2 nitrogen and oxygen atoms in total. The number of hydrogen-bond acceptors (Lipinski definition) is 2. The molecule has 1 atom stereocenters. The van der Waals surface area contributed by atoms with Crippen molar-refractivity contribution >= 4 is 5.71 Å². The zero-order valence-corrected chi connectivity index (χ0v) is 5.93. The summed E-state index contributed by atoms with van der Waals surface area (Å²) in [5, 5.41) is 3.76. The molecule has 0 aromatic carbocycles. The van der Waals surface area contributed by atoms with Crippen LogP contribution in [0.4, 0.5) is 0 Å². The smallest absolute Gasteiger partial charge is 0.0406 e. The van der Waals surface area contributed by atoms with E-state index in [1.54, 1.807) is 0 Å².